The molecule has 108 valence electrons. The molecule has 0 aliphatic carbocycles. The summed E-state index contributed by atoms with van der Waals surface area (Å²) in [5.41, 5.74) is 2.59. The zero-order valence-electron chi connectivity index (χ0n) is 12.3. The van der Waals surface area contributed by atoms with E-state index in [1.807, 2.05) is 0 Å². The molecule has 1 N–H and O–H groups in total. The van der Waals surface area contributed by atoms with Gasteiger partial charge in [0, 0.05) is 48.1 Å². The molecule has 4 heteroatoms. The van der Waals surface area contributed by atoms with E-state index in [2.05, 4.69) is 48.3 Å². The molecule has 19 heavy (non-hydrogen) atoms. The SMILES string of the molecule is CCN(CC)c1ccc(CNCCCS(C)=O)cc1. The Labute approximate surface area is 119 Å². The summed E-state index contributed by atoms with van der Waals surface area (Å²) in [5, 5.41) is 3.39. The third-order valence-corrected chi connectivity index (χ3v) is 4.04. The van der Waals surface area contributed by atoms with Gasteiger partial charge in [-0.25, -0.2) is 0 Å². The van der Waals surface area contributed by atoms with E-state index in [4.69, 9.17) is 0 Å². The summed E-state index contributed by atoms with van der Waals surface area (Å²) in [6, 6.07) is 8.73. The minimum absolute atomic E-state index is 0.670. The lowest BCUT2D eigenvalue weighted by atomic mass is 10.2. The van der Waals surface area contributed by atoms with E-state index in [0.717, 1.165) is 38.4 Å². The van der Waals surface area contributed by atoms with Crippen LogP contribution in [0.2, 0.25) is 0 Å². The van der Waals surface area contributed by atoms with Gasteiger partial charge in [0.15, 0.2) is 0 Å². The molecule has 0 amide bonds. The Hall–Kier alpha value is -0.870. The van der Waals surface area contributed by atoms with Gasteiger partial charge >= 0.3 is 0 Å². The molecule has 0 bridgehead atoms. The Morgan fingerprint density at radius 3 is 2.32 bits per heavy atom. The summed E-state index contributed by atoms with van der Waals surface area (Å²) >= 11 is 0. The van der Waals surface area contributed by atoms with Crippen LogP contribution in [0.3, 0.4) is 0 Å². The molecule has 0 saturated carbocycles. The average Bonchev–Trinajstić information content (AvgIpc) is 2.41. The fourth-order valence-electron chi connectivity index (χ4n) is 2.05. The van der Waals surface area contributed by atoms with Crippen molar-refractivity contribution in [1.82, 2.24) is 5.32 Å². The first-order valence-corrected chi connectivity index (χ1v) is 8.74. The van der Waals surface area contributed by atoms with Crippen molar-refractivity contribution in [3.05, 3.63) is 29.8 Å². The van der Waals surface area contributed by atoms with E-state index in [1.54, 1.807) is 6.26 Å². The van der Waals surface area contributed by atoms with E-state index in [0.29, 0.717) is 0 Å². The van der Waals surface area contributed by atoms with Crippen LogP contribution in [0.1, 0.15) is 25.8 Å². The highest BCUT2D eigenvalue weighted by Gasteiger charge is 2.01. The summed E-state index contributed by atoms with van der Waals surface area (Å²) in [6.07, 6.45) is 2.73. The Morgan fingerprint density at radius 2 is 1.79 bits per heavy atom. The minimum atomic E-state index is -0.670. The molecule has 0 saturated heterocycles. The van der Waals surface area contributed by atoms with Crippen LogP contribution in [0.15, 0.2) is 24.3 Å². The second-order valence-electron chi connectivity index (χ2n) is 4.65. The molecule has 1 aromatic carbocycles. The maximum atomic E-state index is 10.9. The second kappa shape index (κ2) is 9.10. The monoisotopic (exact) mass is 282 g/mol. The third-order valence-electron chi connectivity index (χ3n) is 3.18. The molecule has 0 aliphatic heterocycles. The van der Waals surface area contributed by atoms with Crippen LogP contribution < -0.4 is 10.2 Å². The molecular formula is C15H26N2OS. The van der Waals surface area contributed by atoms with Crippen LogP contribution in [-0.4, -0.2) is 35.9 Å². The molecule has 1 rings (SSSR count). The number of rotatable bonds is 9. The van der Waals surface area contributed by atoms with Gasteiger partial charge in [0.1, 0.15) is 0 Å². The molecule has 0 heterocycles. The number of nitrogens with one attached hydrogen (secondary N) is 1. The van der Waals surface area contributed by atoms with E-state index in [9.17, 15) is 4.21 Å². The lowest BCUT2D eigenvalue weighted by Gasteiger charge is -2.21. The van der Waals surface area contributed by atoms with Gasteiger partial charge in [-0.1, -0.05) is 12.1 Å². The fraction of sp³-hybridized carbons (Fsp3) is 0.600. The topological polar surface area (TPSA) is 32.3 Å². The highest BCUT2D eigenvalue weighted by Crippen LogP contribution is 2.14. The van der Waals surface area contributed by atoms with Gasteiger partial charge in [0.2, 0.25) is 0 Å². The van der Waals surface area contributed by atoms with Crippen molar-refractivity contribution in [2.75, 3.05) is 36.5 Å². The quantitative estimate of drug-likeness (QED) is 0.706. The maximum absolute atomic E-state index is 10.9. The Balaban J connectivity index is 2.34. The van der Waals surface area contributed by atoms with Crippen molar-refractivity contribution < 1.29 is 4.21 Å². The predicted molar refractivity (Wildman–Crippen MR) is 85.3 cm³/mol. The van der Waals surface area contributed by atoms with Gasteiger partial charge in [0.05, 0.1) is 0 Å². The molecule has 0 radical (unpaired) electrons. The zero-order valence-corrected chi connectivity index (χ0v) is 13.1. The zero-order chi connectivity index (χ0) is 14.1. The van der Waals surface area contributed by atoms with Gasteiger partial charge in [0.25, 0.3) is 0 Å². The molecule has 3 nitrogen and oxygen atoms in total. The lowest BCUT2D eigenvalue weighted by Crippen LogP contribution is -2.21. The lowest BCUT2D eigenvalue weighted by molar-refractivity contribution is 0.662. The fourth-order valence-corrected chi connectivity index (χ4v) is 2.60. The van der Waals surface area contributed by atoms with Crippen molar-refractivity contribution in [1.29, 1.82) is 0 Å². The summed E-state index contributed by atoms with van der Waals surface area (Å²) in [4.78, 5) is 2.34. The first kappa shape index (κ1) is 16.2. The van der Waals surface area contributed by atoms with Gasteiger partial charge in [-0.3, -0.25) is 4.21 Å². The second-order valence-corrected chi connectivity index (χ2v) is 6.20. The molecular weight excluding hydrogens is 256 g/mol. The van der Waals surface area contributed by atoms with Crippen LogP contribution in [0, 0.1) is 0 Å². The summed E-state index contributed by atoms with van der Waals surface area (Å²) in [6.45, 7) is 8.25. The van der Waals surface area contributed by atoms with Gasteiger partial charge in [-0.05, 0) is 44.5 Å². The largest absolute Gasteiger partial charge is 0.372 e. The molecule has 0 aliphatic rings. The van der Waals surface area contributed by atoms with Crippen molar-refractivity contribution in [3.8, 4) is 0 Å². The maximum Gasteiger partial charge on any atom is 0.0366 e. The number of nitrogens with zero attached hydrogens (tertiary/aromatic N) is 1. The van der Waals surface area contributed by atoms with Crippen LogP contribution in [-0.2, 0) is 17.3 Å². The molecule has 1 atom stereocenters. The number of benzene rings is 1. The average molecular weight is 282 g/mol. The Morgan fingerprint density at radius 1 is 1.16 bits per heavy atom. The number of anilines is 1. The molecule has 1 aromatic rings. The summed E-state index contributed by atoms with van der Waals surface area (Å²) < 4.78 is 10.9. The molecule has 0 aromatic heterocycles. The van der Waals surface area contributed by atoms with E-state index in [-0.39, 0.29) is 0 Å². The number of hydrogen-bond acceptors (Lipinski definition) is 3. The molecule has 0 spiro atoms. The first-order valence-electron chi connectivity index (χ1n) is 7.02. The minimum Gasteiger partial charge on any atom is -0.372 e. The van der Waals surface area contributed by atoms with E-state index < -0.39 is 10.8 Å². The van der Waals surface area contributed by atoms with Gasteiger partial charge in [-0.15, -0.1) is 0 Å². The highest BCUT2D eigenvalue weighted by molar-refractivity contribution is 7.84. The molecule has 0 fully saturated rings. The smallest absolute Gasteiger partial charge is 0.0366 e. The summed E-state index contributed by atoms with van der Waals surface area (Å²) in [7, 11) is -0.670. The van der Waals surface area contributed by atoms with Gasteiger partial charge in [-0.2, -0.15) is 0 Å². The van der Waals surface area contributed by atoms with Crippen molar-refractivity contribution in [2.45, 2.75) is 26.8 Å². The van der Waals surface area contributed by atoms with E-state index >= 15 is 0 Å². The van der Waals surface area contributed by atoms with Crippen molar-refractivity contribution in [3.63, 3.8) is 0 Å². The van der Waals surface area contributed by atoms with Crippen molar-refractivity contribution in [2.24, 2.45) is 0 Å². The van der Waals surface area contributed by atoms with Crippen LogP contribution in [0.25, 0.3) is 0 Å². The highest BCUT2D eigenvalue weighted by atomic mass is 32.2. The van der Waals surface area contributed by atoms with Crippen molar-refractivity contribution >= 4 is 16.5 Å². The summed E-state index contributed by atoms with van der Waals surface area (Å²) in [5.74, 6) is 0.786. The first-order chi connectivity index (χ1) is 9.17. The van der Waals surface area contributed by atoms with Crippen LogP contribution in [0.5, 0.6) is 0 Å². The van der Waals surface area contributed by atoms with E-state index in [1.165, 1.54) is 11.3 Å². The van der Waals surface area contributed by atoms with Crippen LogP contribution >= 0.6 is 0 Å². The van der Waals surface area contributed by atoms with Gasteiger partial charge < -0.3 is 10.2 Å². The van der Waals surface area contributed by atoms with Crippen LogP contribution in [0.4, 0.5) is 5.69 Å². The third kappa shape index (κ3) is 6.21. The number of hydrogen-bond donors (Lipinski definition) is 1. The Kier molecular flexibility index (Phi) is 7.75. The standard InChI is InChI=1S/C15H26N2OS/c1-4-17(5-2)15-9-7-14(8-10-15)13-16-11-6-12-19(3)18/h7-10,16H,4-6,11-13H2,1-3H3. The Bertz CT molecular complexity index is 374. The normalized spacial score (nSPS) is 12.4. The molecule has 1 unspecified atom stereocenters. The predicted octanol–water partition coefficient (Wildman–Crippen LogP) is 2.39.